The largest absolute Gasteiger partial charge is 0.508 e. The molecule has 2 aromatic heterocycles. The van der Waals surface area contributed by atoms with Gasteiger partial charge in [-0.25, -0.2) is 8.78 Å². The molecule has 2 N–H and O–H groups in total. The Labute approximate surface area is 438 Å². The molecular formula is C60H68F2N8O5. The SMILES string of the molecule is Cc1c(N(c2ccc(O)cc2)C(O)c2cc(-c3cc4c(cc3C(=O)N3Cc5ccccc5C[C@H]3CN3CCCCC3)CN(C(=O)Cc3ccc(OCCN5CCC(F)CC5)cc3F)CC4)n(C)c2C)cc(C#N)n1C. The van der Waals surface area contributed by atoms with Crippen LogP contribution < -0.4 is 9.64 Å². The van der Waals surface area contributed by atoms with Crippen molar-refractivity contribution in [2.75, 3.05) is 57.3 Å². The molecule has 1 unspecified atom stereocenters. The zero-order chi connectivity index (χ0) is 52.5. The quantitative estimate of drug-likeness (QED) is 0.103. The number of carbonyl (C=O) groups is 2. The van der Waals surface area contributed by atoms with E-state index in [0.29, 0.717) is 98.1 Å². The molecule has 0 radical (unpaired) electrons. The van der Waals surface area contributed by atoms with Gasteiger partial charge in [-0.15, -0.1) is 0 Å². The fourth-order valence-corrected chi connectivity index (χ4v) is 11.7. The van der Waals surface area contributed by atoms with Crippen LogP contribution in [0.3, 0.4) is 0 Å². The highest BCUT2D eigenvalue weighted by molar-refractivity contribution is 6.01. The van der Waals surface area contributed by atoms with Crippen molar-refractivity contribution in [1.29, 1.82) is 5.26 Å². The van der Waals surface area contributed by atoms with Crippen molar-refractivity contribution in [3.63, 3.8) is 0 Å². The Hall–Kier alpha value is -6.99. The Bertz CT molecular complexity index is 3110. The number of likely N-dealkylation sites (tertiary alicyclic amines) is 2. The lowest BCUT2D eigenvalue weighted by molar-refractivity contribution is -0.131. The summed E-state index contributed by atoms with van der Waals surface area (Å²) in [5.41, 5.74) is 10.2. The number of benzene rings is 4. The van der Waals surface area contributed by atoms with E-state index in [0.717, 1.165) is 72.7 Å². The molecule has 2 fully saturated rings. The summed E-state index contributed by atoms with van der Waals surface area (Å²) in [5, 5.41) is 33.0. The molecular weight excluding hydrogens is 951 g/mol. The monoisotopic (exact) mass is 1020 g/mol. The minimum Gasteiger partial charge on any atom is -0.508 e. The number of aromatic nitrogens is 2. The first-order valence-electron chi connectivity index (χ1n) is 26.5. The number of carbonyl (C=O) groups excluding carboxylic acids is 2. The van der Waals surface area contributed by atoms with Crippen molar-refractivity contribution in [3.8, 4) is 28.8 Å². The molecule has 0 bridgehead atoms. The predicted molar refractivity (Wildman–Crippen MR) is 285 cm³/mol. The van der Waals surface area contributed by atoms with Crippen LogP contribution >= 0.6 is 0 Å². The maximum absolute atomic E-state index is 15.8. The van der Waals surface area contributed by atoms with E-state index < -0.39 is 18.2 Å². The van der Waals surface area contributed by atoms with Crippen molar-refractivity contribution in [3.05, 3.63) is 153 Å². The van der Waals surface area contributed by atoms with Crippen molar-refractivity contribution in [1.82, 2.24) is 28.7 Å². The Kier molecular flexibility index (Phi) is 15.2. The average molecular weight is 1020 g/mol. The molecule has 4 aliphatic heterocycles. The number of rotatable bonds is 14. The highest BCUT2D eigenvalue weighted by Gasteiger charge is 2.36. The first-order chi connectivity index (χ1) is 36.2. The van der Waals surface area contributed by atoms with E-state index >= 15 is 9.18 Å². The summed E-state index contributed by atoms with van der Waals surface area (Å²) in [6.07, 6.45) is 3.59. The van der Waals surface area contributed by atoms with Gasteiger partial charge in [0.15, 0.2) is 6.23 Å². The number of amides is 2. The summed E-state index contributed by atoms with van der Waals surface area (Å²) in [6, 6.07) is 29.5. The summed E-state index contributed by atoms with van der Waals surface area (Å²) >= 11 is 0. The van der Waals surface area contributed by atoms with Gasteiger partial charge in [0.05, 0.1) is 12.1 Å². The summed E-state index contributed by atoms with van der Waals surface area (Å²) < 4.78 is 38.9. The van der Waals surface area contributed by atoms with E-state index in [2.05, 4.69) is 40.1 Å². The average Bonchev–Trinajstić information content (AvgIpc) is 3.89. The minimum absolute atomic E-state index is 0.0755. The minimum atomic E-state index is -1.25. The van der Waals surface area contributed by atoms with Crippen molar-refractivity contribution in [2.45, 2.75) is 96.7 Å². The number of aliphatic hydroxyl groups excluding tert-OH is 1. The molecule has 4 aromatic carbocycles. The van der Waals surface area contributed by atoms with Crippen molar-refractivity contribution >= 4 is 23.2 Å². The molecule has 2 amide bonds. The molecule has 6 heterocycles. The third-order valence-electron chi connectivity index (χ3n) is 16.4. The normalized spacial score (nSPS) is 17.8. The van der Waals surface area contributed by atoms with E-state index in [1.165, 1.54) is 18.1 Å². The van der Waals surface area contributed by atoms with Crippen LogP contribution in [0.15, 0.2) is 91.0 Å². The molecule has 13 nitrogen and oxygen atoms in total. The summed E-state index contributed by atoms with van der Waals surface area (Å²) in [5.74, 6) is -0.398. The number of piperidine rings is 2. The van der Waals surface area contributed by atoms with Crippen LogP contribution in [0, 0.1) is 31.0 Å². The van der Waals surface area contributed by atoms with Gasteiger partial charge in [-0.2, -0.15) is 5.26 Å². The number of aliphatic hydroxyl groups is 1. The Morgan fingerprint density at radius 3 is 2.29 bits per heavy atom. The number of ether oxygens (including phenoxy) is 1. The van der Waals surface area contributed by atoms with E-state index in [-0.39, 0.29) is 42.1 Å². The fourth-order valence-electron chi connectivity index (χ4n) is 11.7. The van der Waals surface area contributed by atoms with Crippen LogP contribution in [-0.4, -0.2) is 115 Å². The van der Waals surface area contributed by atoms with E-state index in [4.69, 9.17) is 4.74 Å². The number of hydrogen-bond donors (Lipinski definition) is 2. The number of phenolic OH excluding ortho intramolecular Hbond substituents is 1. The van der Waals surface area contributed by atoms with Crippen LogP contribution in [-0.2, 0) is 51.2 Å². The highest BCUT2D eigenvalue weighted by atomic mass is 19.1. The number of halogens is 2. The number of phenols is 1. The predicted octanol–water partition coefficient (Wildman–Crippen LogP) is 9.19. The molecule has 75 heavy (non-hydrogen) atoms. The molecule has 4 aliphatic rings. The first-order valence-corrected chi connectivity index (χ1v) is 26.5. The summed E-state index contributed by atoms with van der Waals surface area (Å²) in [4.78, 5) is 40.1. The number of hydrogen-bond acceptors (Lipinski definition) is 9. The maximum atomic E-state index is 15.8. The number of aromatic hydroxyl groups is 1. The van der Waals surface area contributed by atoms with Gasteiger partial charge in [-0.1, -0.05) is 36.8 Å². The molecule has 6 aromatic rings. The van der Waals surface area contributed by atoms with Gasteiger partial charge < -0.3 is 43.7 Å². The van der Waals surface area contributed by atoms with Gasteiger partial charge in [-0.05, 0) is 148 Å². The maximum Gasteiger partial charge on any atom is 0.255 e. The van der Waals surface area contributed by atoms with Gasteiger partial charge in [0, 0.05) is 111 Å². The van der Waals surface area contributed by atoms with Crippen LogP contribution in [0.2, 0.25) is 0 Å². The van der Waals surface area contributed by atoms with Crippen molar-refractivity contribution in [2.24, 2.45) is 14.1 Å². The van der Waals surface area contributed by atoms with Gasteiger partial charge in [0.25, 0.3) is 5.91 Å². The zero-order valence-corrected chi connectivity index (χ0v) is 43.6. The van der Waals surface area contributed by atoms with Gasteiger partial charge in [0.2, 0.25) is 5.91 Å². The molecule has 392 valence electrons. The molecule has 0 spiro atoms. The third-order valence-corrected chi connectivity index (χ3v) is 16.4. The second-order valence-corrected chi connectivity index (χ2v) is 21.0. The molecule has 2 saturated heterocycles. The topological polar surface area (TPSA) is 134 Å². The Morgan fingerprint density at radius 2 is 1.57 bits per heavy atom. The molecule has 2 atom stereocenters. The molecule has 10 rings (SSSR count). The van der Waals surface area contributed by atoms with E-state index in [1.54, 1.807) is 56.8 Å². The standard InChI is InChI=1S/C60H68F2N8O5/c1-39-52(60(74)70(47-13-15-50(71)16-14-47)56-32-48(35-63)64(3)40(56)2)34-57(65(39)4)53-29-42-18-25-68(58(72)31-43-12-17-51(33-55(43)62)75-27-26-66-23-19-46(61)20-24-66)36-45(42)30-54(53)59(73)69-37-44-11-7-6-10-41(44)28-49(69)38-67-21-8-5-9-22-67/h6-7,10-17,29-30,32-34,46,49,60,71,74H,5,8-9,18-28,31,36-38H2,1-4H3/t49-,60?/m0/s1. The van der Waals surface area contributed by atoms with Crippen LogP contribution in [0.1, 0.15) is 99.2 Å². The lowest BCUT2D eigenvalue weighted by Crippen LogP contribution is -2.51. The van der Waals surface area contributed by atoms with Crippen LogP contribution in [0.5, 0.6) is 11.5 Å². The fraction of sp³-hybridized carbons (Fsp3) is 0.417. The summed E-state index contributed by atoms with van der Waals surface area (Å²) in [6.45, 7) is 10.0. The number of nitriles is 1. The van der Waals surface area contributed by atoms with Crippen molar-refractivity contribution < 1.29 is 33.3 Å². The number of alkyl halides is 1. The van der Waals surface area contributed by atoms with Crippen LogP contribution in [0.4, 0.5) is 20.2 Å². The van der Waals surface area contributed by atoms with E-state index in [1.807, 2.05) is 55.6 Å². The smallest absolute Gasteiger partial charge is 0.255 e. The van der Waals surface area contributed by atoms with Gasteiger partial charge in [-0.3, -0.25) is 14.5 Å². The highest BCUT2D eigenvalue weighted by Crippen LogP contribution is 2.42. The number of fused-ring (bicyclic) bond motifs is 2. The van der Waals surface area contributed by atoms with Crippen LogP contribution in [0.25, 0.3) is 11.3 Å². The summed E-state index contributed by atoms with van der Waals surface area (Å²) in [7, 11) is 3.75. The Balaban J connectivity index is 0.981. The van der Waals surface area contributed by atoms with E-state index in [9.17, 15) is 24.7 Å². The second kappa shape index (κ2) is 22.1. The zero-order valence-electron chi connectivity index (χ0n) is 43.6. The number of nitrogens with zero attached hydrogens (tertiary/aromatic N) is 8. The first kappa shape index (κ1) is 51.5. The Morgan fingerprint density at radius 1 is 0.827 bits per heavy atom. The lowest BCUT2D eigenvalue weighted by Gasteiger charge is -2.41. The molecule has 0 saturated carbocycles. The third kappa shape index (κ3) is 10.8. The molecule has 15 heteroatoms. The van der Waals surface area contributed by atoms with Gasteiger partial charge >= 0.3 is 0 Å². The number of anilines is 2. The van der Waals surface area contributed by atoms with Gasteiger partial charge in [0.1, 0.15) is 41.9 Å². The molecule has 0 aliphatic carbocycles. The second-order valence-electron chi connectivity index (χ2n) is 21.0. The lowest BCUT2D eigenvalue weighted by atomic mass is 9.89.